The van der Waals surface area contributed by atoms with Crippen LogP contribution in [0.3, 0.4) is 0 Å². The van der Waals surface area contributed by atoms with Crippen molar-refractivity contribution in [1.82, 2.24) is 31.5 Å². The molecule has 332 valence electrons. The lowest BCUT2D eigenvalue weighted by Crippen LogP contribution is -2.59. The number of hydrogen-bond acceptors (Lipinski definition) is 11. The number of aryl methyl sites for hydroxylation is 1. The zero-order valence-electron chi connectivity index (χ0n) is 36.7. The van der Waals surface area contributed by atoms with E-state index in [2.05, 4.69) is 26.6 Å². The van der Waals surface area contributed by atoms with E-state index in [9.17, 15) is 33.6 Å². The van der Waals surface area contributed by atoms with Crippen LogP contribution in [0.15, 0.2) is 40.8 Å². The standard InChI is InChI=1S/C44H60N6O11/c1-23(2)20-31(48-43(56)36-26(6)30-17-18-35(59-9)38(60-10)37(30)61-36)41(54)46-27(7)39(52)49-33(22-28-13-15-29(58-8)16-14-28)44(57)50-19-11-12-34(50)42(55)47-32(21-25(5)51)40(53)45-24(3)4/h13-18,23-24,27,31-34H,11-12,19-22H2,1-10H3,(H,45,53)(H,46,54)(H,47,55)(H,48,56)(H,49,52)/t27-,31-,32-,33-,34-/m0/s1. The fraction of sp³-hybridized carbons (Fsp3) is 0.523. The molecule has 6 amide bonds. The number of Topliss-reactive ketones (excluding diaryl/α,β-unsaturated/α-hetero) is 1. The first-order valence-electron chi connectivity index (χ1n) is 20.5. The number of furan rings is 1. The van der Waals surface area contributed by atoms with Gasteiger partial charge in [-0.3, -0.25) is 33.6 Å². The second-order valence-corrected chi connectivity index (χ2v) is 16.1. The van der Waals surface area contributed by atoms with Gasteiger partial charge in [0.25, 0.3) is 5.91 Å². The van der Waals surface area contributed by atoms with E-state index in [0.29, 0.717) is 52.2 Å². The third-order valence-corrected chi connectivity index (χ3v) is 10.3. The SMILES string of the molecule is COc1ccc(C[C@H](NC(=O)[C@H](C)NC(=O)[C@H](CC(C)C)NC(=O)c2oc3c(OC)c(OC)ccc3c2C)C(=O)N2CCC[C@H]2C(=O)N[C@@H](CC(C)=O)C(=O)NC(C)C)cc1. The fourth-order valence-electron chi connectivity index (χ4n) is 7.27. The van der Waals surface area contributed by atoms with Crippen molar-refractivity contribution in [3.05, 3.63) is 53.3 Å². The van der Waals surface area contributed by atoms with Crippen LogP contribution in [0.2, 0.25) is 0 Å². The molecule has 0 bridgehead atoms. The molecule has 0 aliphatic carbocycles. The molecule has 1 fully saturated rings. The Hall–Kier alpha value is -6.13. The highest BCUT2D eigenvalue weighted by molar-refractivity contribution is 6.03. The van der Waals surface area contributed by atoms with Crippen LogP contribution >= 0.6 is 0 Å². The molecule has 1 aliphatic rings. The van der Waals surface area contributed by atoms with Gasteiger partial charge >= 0.3 is 0 Å². The molecule has 61 heavy (non-hydrogen) atoms. The molecule has 1 aliphatic heterocycles. The topological polar surface area (TPSA) is 224 Å². The summed E-state index contributed by atoms with van der Waals surface area (Å²) in [6.45, 7) is 12.0. The highest BCUT2D eigenvalue weighted by Crippen LogP contribution is 2.39. The van der Waals surface area contributed by atoms with Gasteiger partial charge in [0.15, 0.2) is 17.1 Å². The average Bonchev–Trinajstić information content (AvgIpc) is 3.84. The van der Waals surface area contributed by atoms with Crippen molar-refractivity contribution in [2.75, 3.05) is 27.9 Å². The van der Waals surface area contributed by atoms with Crippen LogP contribution < -0.4 is 40.8 Å². The van der Waals surface area contributed by atoms with E-state index in [-0.39, 0.29) is 49.3 Å². The van der Waals surface area contributed by atoms with Gasteiger partial charge in [0, 0.05) is 36.4 Å². The molecule has 1 aromatic heterocycles. The maximum atomic E-state index is 14.4. The molecular formula is C44H60N6O11. The summed E-state index contributed by atoms with van der Waals surface area (Å²) >= 11 is 0. The van der Waals surface area contributed by atoms with Crippen molar-refractivity contribution >= 4 is 52.2 Å². The maximum absolute atomic E-state index is 14.4. The van der Waals surface area contributed by atoms with E-state index in [1.165, 1.54) is 40.1 Å². The number of hydrogen-bond donors (Lipinski definition) is 5. The number of fused-ring (bicyclic) bond motifs is 1. The molecule has 0 saturated carbocycles. The van der Waals surface area contributed by atoms with Gasteiger partial charge in [-0.1, -0.05) is 26.0 Å². The van der Waals surface area contributed by atoms with Crippen LogP contribution in [-0.4, -0.2) is 110 Å². The van der Waals surface area contributed by atoms with Gasteiger partial charge in [-0.15, -0.1) is 0 Å². The predicted molar refractivity (Wildman–Crippen MR) is 226 cm³/mol. The van der Waals surface area contributed by atoms with Gasteiger partial charge in [0.1, 0.15) is 41.7 Å². The number of carbonyl (C=O) groups excluding carboxylic acids is 7. The summed E-state index contributed by atoms with van der Waals surface area (Å²) in [5, 5.41) is 14.3. The van der Waals surface area contributed by atoms with Crippen molar-refractivity contribution in [3.8, 4) is 17.2 Å². The fourth-order valence-corrected chi connectivity index (χ4v) is 7.27. The maximum Gasteiger partial charge on any atom is 0.287 e. The molecule has 0 radical (unpaired) electrons. The molecule has 17 heteroatoms. The summed E-state index contributed by atoms with van der Waals surface area (Å²) < 4.78 is 22.1. The van der Waals surface area contributed by atoms with Crippen LogP contribution in [0.5, 0.6) is 17.2 Å². The summed E-state index contributed by atoms with van der Waals surface area (Å²) in [6, 6.07) is 4.62. The summed E-state index contributed by atoms with van der Waals surface area (Å²) in [4.78, 5) is 95.7. The molecule has 3 aromatic rings. The Labute approximate surface area is 356 Å². The lowest BCUT2D eigenvalue weighted by Gasteiger charge is -2.30. The van der Waals surface area contributed by atoms with E-state index in [4.69, 9.17) is 18.6 Å². The van der Waals surface area contributed by atoms with Crippen LogP contribution in [0.1, 0.15) is 88.9 Å². The molecule has 1 saturated heterocycles. The molecule has 0 unspecified atom stereocenters. The number of nitrogens with one attached hydrogen (secondary N) is 5. The third-order valence-electron chi connectivity index (χ3n) is 10.3. The normalized spacial score (nSPS) is 15.7. The Balaban J connectivity index is 1.53. The Morgan fingerprint density at radius 2 is 1.44 bits per heavy atom. The summed E-state index contributed by atoms with van der Waals surface area (Å²) in [5.74, 6) is -2.65. The largest absolute Gasteiger partial charge is 0.497 e. The Morgan fingerprint density at radius 1 is 0.770 bits per heavy atom. The molecule has 4 rings (SSSR count). The number of rotatable bonds is 20. The number of nitrogens with zero attached hydrogens (tertiary/aromatic N) is 1. The van der Waals surface area contributed by atoms with Crippen LogP contribution in [-0.2, 0) is 35.2 Å². The Kier molecular flexibility index (Phi) is 16.7. The minimum atomic E-state index is -1.18. The molecule has 2 aromatic carbocycles. The van der Waals surface area contributed by atoms with E-state index in [1.54, 1.807) is 57.2 Å². The number of likely N-dealkylation sites (tertiary alicyclic amines) is 1. The monoisotopic (exact) mass is 848 g/mol. The minimum absolute atomic E-state index is 0.0177. The zero-order chi connectivity index (χ0) is 45.1. The molecule has 5 atom stereocenters. The first kappa shape index (κ1) is 47.5. The van der Waals surface area contributed by atoms with Crippen molar-refractivity contribution in [1.29, 1.82) is 0 Å². The van der Waals surface area contributed by atoms with Gasteiger partial charge in [-0.2, -0.15) is 0 Å². The Bertz CT molecular complexity index is 2080. The minimum Gasteiger partial charge on any atom is -0.497 e. The Morgan fingerprint density at radius 3 is 2.03 bits per heavy atom. The smallest absolute Gasteiger partial charge is 0.287 e. The van der Waals surface area contributed by atoms with Gasteiger partial charge < -0.3 is 50.1 Å². The lowest BCUT2D eigenvalue weighted by molar-refractivity contribution is -0.142. The molecule has 0 spiro atoms. The number of carbonyl (C=O) groups is 7. The van der Waals surface area contributed by atoms with E-state index in [0.717, 1.165) is 0 Å². The van der Waals surface area contributed by atoms with E-state index in [1.807, 2.05) is 13.8 Å². The number of ether oxygens (including phenoxy) is 3. The van der Waals surface area contributed by atoms with Crippen LogP contribution in [0, 0.1) is 12.8 Å². The van der Waals surface area contributed by atoms with Crippen molar-refractivity contribution in [2.45, 2.75) is 117 Å². The summed E-state index contributed by atoms with van der Waals surface area (Å²) in [6.07, 6.45) is 0.809. The van der Waals surface area contributed by atoms with E-state index >= 15 is 0 Å². The van der Waals surface area contributed by atoms with Gasteiger partial charge in [0.05, 0.1) is 21.3 Å². The first-order valence-corrected chi connectivity index (χ1v) is 20.5. The molecular weight excluding hydrogens is 789 g/mol. The zero-order valence-corrected chi connectivity index (χ0v) is 36.7. The summed E-state index contributed by atoms with van der Waals surface area (Å²) in [7, 11) is 4.47. The highest BCUT2D eigenvalue weighted by Gasteiger charge is 2.40. The van der Waals surface area contributed by atoms with Crippen LogP contribution in [0.4, 0.5) is 0 Å². The lowest BCUT2D eigenvalue weighted by atomic mass is 10.0. The average molecular weight is 849 g/mol. The second kappa shape index (κ2) is 21.4. The quantitative estimate of drug-likeness (QED) is 0.111. The van der Waals surface area contributed by atoms with E-state index < -0.39 is 65.7 Å². The van der Waals surface area contributed by atoms with Gasteiger partial charge in [0.2, 0.25) is 35.3 Å². The molecule has 17 nitrogen and oxygen atoms in total. The second-order valence-electron chi connectivity index (χ2n) is 16.1. The predicted octanol–water partition coefficient (Wildman–Crippen LogP) is 3.12. The van der Waals surface area contributed by atoms with Crippen molar-refractivity contribution in [3.63, 3.8) is 0 Å². The first-order chi connectivity index (χ1) is 28.9. The summed E-state index contributed by atoms with van der Waals surface area (Å²) in [5.41, 5.74) is 1.52. The van der Waals surface area contributed by atoms with Crippen LogP contribution in [0.25, 0.3) is 11.0 Å². The van der Waals surface area contributed by atoms with Crippen molar-refractivity contribution < 1.29 is 52.2 Å². The van der Waals surface area contributed by atoms with Crippen molar-refractivity contribution in [2.24, 2.45) is 5.92 Å². The van der Waals surface area contributed by atoms with Gasteiger partial charge in [-0.25, -0.2) is 0 Å². The number of benzene rings is 2. The number of methoxy groups -OCH3 is 3. The molecule has 5 N–H and O–H groups in total. The van der Waals surface area contributed by atoms with Gasteiger partial charge in [-0.05, 0) is 89.6 Å². The third kappa shape index (κ3) is 12.2. The molecule has 2 heterocycles. The number of amides is 6. The number of ketones is 1. The highest BCUT2D eigenvalue weighted by atomic mass is 16.5.